The van der Waals surface area contributed by atoms with E-state index in [0.29, 0.717) is 12.0 Å². The summed E-state index contributed by atoms with van der Waals surface area (Å²) in [7, 11) is 0. The minimum absolute atomic E-state index is 0.0263. The molecule has 0 fully saturated rings. The van der Waals surface area contributed by atoms with Gasteiger partial charge < -0.3 is 31.9 Å². The molecule has 1 aromatic rings. The SMILES string of the molecule is CC(C)CC(NC(=O)C(Cc1ccc(O)cc1)NC(=O)C(CC(C)C)NC(=O)CN)C(=O)O. The Hall–Kier alpha value is -3.14. The summed E-state index contributed by atoms with van der Waals surface area (Å²) >= 11 is 0. The van der Waals surface area contributed by atoms with E-state index in [2.05, 4.69) is 16.0 Å². The van der Waals surface area contributed by atoms with Gasteiger partial charge in [0.15, 0.2) is 0 Å². The number of hydrogen-bond donors (Lipinski definition) is 6. The predicted octanol–water partition coefficient (Wildman–Crippen LogP) is 0.525. The first-order valence-electron chi connectivity index (χ1n) is 11.0. The number of phenolic OH excluding ortho intramolecular Hbond substituents is 1. The number of hydrogen-bond acceptors (Lipinski definition) is 6. The van der Waals surface area contributed by atoms with Crippen LogP contribution in [0.15, 0.2) is 24.3 Å². The van der Waals surface area contributed by atoms with Crippen molar-refractivity contribution in [2.24, 2.45) is 17.6 Å². The van der Waals surface area contributed by atoms with Gasteiger partial charge in [-0.3, -0.25) is 14.4 Å². The third-order valence-electron chi connectivity index (χ3n) is 4.88. The van der Waals surface area contributed by atoms with Gasteiger partial charge in [-0.25, -0.2) is 4.79 Å². The summed E-state index contributed by atoms with van der Waals surface area (Å²) in [4.78, 5) is 49.4. The number of carboxylic acid groups (broad SMARTS) is 1. The van der Waals surface area contributed by atoms with Gasteiger partial charge in [-0.1, -0.05) is 39.8 Å². The number of nitrogens with two attached hydrogens (primary N) is 1. The van der Waals surface area contributed by atoms with Crippen LogP contribution in [0.2, 0.25) is 0 Å². The van der Waals surface area contributed by atoms with Crippen molar-refractivity contribution in [1.82, 2.24) is 16.0 Å². The van der Waals surface area contributed by atoms with Crippen molar-refractivity contribution in [3.8, 4) is 5.75 Å². The highest BCUT2D eigenvalue weighted by molar-refractivity contribution is 5.93. The first kappa shape index (κ1) is 27.9. The minimum Gasteiger partial charge on any atom is -0.508 e. The van der Waals surface area contributed by atoms with Crippen LogP contribution in [0.25, 0.3) is 0 Å². The second-order valence-corrected chi connectivity index (χ2v) is 8.91. The van der Waals surface area contributed by atoms with Gasteiger partial charge in [-0.05, 0) is 42.4 Å². The van der Waals surface area contributed by atoms with Crippen LogP contribution < -0.4 is 21.7 Å². The van der Waals surface area contributed by atoms with Crippen molar-refractivity contribution in [2.45, 2.75) is 65.1 Å². The van der Waals surface area contributed by atoms with E-state index >= 15 is 0 Å². The van der Waals surface area contributed by atoms with Crippen molar-refractivity contribution in [1.29, 1.82) is 0 Å². The fraction of sp³-hybridized carbons (Fsp3) is 0.565. The highest BCUT2D eigenvalue weighted by Crippen LogP contribution is 2.13. The molecule has 3 atom stereocenters. The van der Waals surface area contributed by atoms with Gasteiger partial charge in [-0.15, -0.1) is 0 Å². The Morgan fingerprint density at radius 2 is 1.30 bits per heavy atom. The Morgan fingerprint density at radius 3 is 1.79 bits per heavy atom. The fourth-order valence-corrected chi connectivity index (χ4v) is 3.27. The van der Waals surface area contributed by atoms with Gasteiger partial charge >= 0.3 is 5.97 Å². The minimum atomic E-state index is -1.17. The zero-order chi connectivity index (χ0) is 25.1. The van der Waals surface area contributed by atoms with Crippen molar-refractivity contribution in [3.63, 3.8) is 0 Å². The van der Waals surface area contributed by atoms with Crippen molar-refractivity contribution in [3.05, 3.63) is 29.8 Å². The average molecular weight is 465 g/mol. The molecule has 7 N–H and O–H groups in total. The van der Waals surface area contributed by atoms with Crippen LogP contribution in [0.5, 0.6) is 5.75 Å². The number of carboxylic acids is 1. The lowest BCUT2D eigenvalue weighted by Gasteiger charge is -2.25. The summed E-state index contributed by atoms with van der Waals surface area (Å²) in [6.45, 7) is 7.18. The lowest BCUT2D eigenvalue weighted by molar-refractivity contribution is -0.142. The van der Waals surface area contributed by atoms with E-state index in [-0.39, 0.29) is 37.0 Å². The summed E-state index contributed by atoms with van der Waals surface area (Å²) in [5.41, 5.74) is 6.00. The number of amides is 3. The lowest BCUT2D eigenvalue weighted by Crippen LogP contribution is -2.57. The van der Waals surface area contributed by atoms with Crippen LogP contribution >= 0.6 is 0 Å². The largest absolute Gasteiger partial charge is 0.508 e. The summed E-state index contributed by atoms with van der Waals surface area (Å²) in [6.07, 6.45) is 0.616. The molecule has 3 unspecified atom stereocenters. The number of rotatable bonds is 13. The van der Waals surface area contributed by atoms with Crippen LogP contribution in [-0.4, -0.2) is 58.6 Å². The number of benzene rings is 1. The number of carbonyl (C=O) groups is 4. The monoisotopic (exact) mass is 464 g/mol. The highest BCUT2D eigenvalue weighted by Gasteiger charge is 2.30. The summed E-state index contributed by atoms with van der Waals surface area (Å²) in [5.74, 6) is -2.74. The second-order valence-electron chi connectivity index (χ2n) is 8.91. The van der Waals surface area contributed by atoms with Crippen molar-refractivity contribution >= 4 is 23.7 Å². The Bertz CT molecular complexity index is 810. The number of phenols is 1. The Kier molecular flexibility index (Phi) is 11.3. The van der Waals surface area contributed by atoms with E-state index < -0.39 is 41.8 Å². The molecule has 0 saturated heterocycles. The van der Waals surface area contributed by atoms with Crippen molar-refractivity contribution in [2.75, 3.05) is 6.54 Å². The molecule has 1 aromatic carbocycles. The van der Waals surface area contributed by atoms with E-state index in [1.54, 1.807) is 12.1 Å². The number of nitrogens with one attached hydrogen (secondary N) is 3. The molecule has 1 rings (SSSR count). The number of carbonyl (C=O) groups excluding carboxylic acids is 3. The molecule has 0 saturated carbocycles. The summed E-state index contributed by atoms with van der Waals surface area (Å²) in [5, 5.41) is 26.7. The maximum Gasteiger partial charge on any atom is 0.326 e. The van der Waals surface area contributed by atoms with Gasteiger partial charge in [0.1, 0.15) is 23.9 Å². The molecule has 0 aliphatic carbocycles. The molecule has 10 heteroatoms. The van der Waals surface area contributed by atoms with E-state index in [1.165, 1.54) is 12.1 Å². The molecule has 33 heavy (non-hydrogen) atoms. The maximum absolute atomic E-state index is 13.0. The highest BCUT2D eigenvalue weighted by atomic mass is 16.4. The zero-order valence-corrected chi connectivity index (χ0v) is 19.6. The zero-order valence-electron chi connectivity index (χ0n) is 19.6. The van der Waals surface area contributed by atoms with Crippen LogP contribution in [-0.2, 0) is 25.6 Å². The molecule has 10 nitrogen and oxygen atoms in total. The first-order valence-corrected chi connectivity index (χ1v) is 11.0. The molecule has 0 aliphatic rings. The Morgan fingerprint density at radius 1 is 0.818 bits per heavy atom. The van der Waals surface area contributed by atoms with E-state index in [1.807, 2.05) is 27.7 Å². The maximum atomic E-state index is 13.0. The topological polar surface area (TPSA) is 171 Å². The molecular formula is C23H36N4O6. The molecule has 0 spiro atoms. The number of aliphatic carboxylic acids is 1. The van der Waals surface area contributed by atoms with Crippen LogP contribution in [0.4, 0.5) is 0 Å². The van der Waals surface area contributed by atoms with E-state index in [4.69, 9.17) is 5.73 Å². The Balaban J connectivity index is 3.12. The molecule has 0 heterocycles. The molecule has 0 aliphatic heterocycles. The smallest absolute Gasteiger partial charge is 0.326 e. The summed E-state index contributed by atoms with van der Waals surface area (Å²) < 4.78 is 0. The van der Waals surface area contributed by atoms with Crippen LogP contribution in [0.1, 0.15) is 46.1 Å². The van der Waals surface area contributed by atoms with Gasteiger partial charge in [0, 0.05) is 6.42 Å². The lowest BCUT2D eigenvalue weighted by atomic mass is 10.00. The standard InChI is InChI=1S/C23H36N4O6/c1-13(2)9-17(25-20(29)12-24)21(30)26-18(11-15-5-7-16(28)8-6-15)22(31)27-19(23(32)33)10-14(3)4/h5-8,13-14,17-19,28H,9-12,24H2,1-4H3,(H,25,29)(H,26,30)(H,27,31)(H,32,33). The van der Waals surface area contributed by atoms with Crippen molar-refractivity contribution < 1.29 is 29.4 Å². The molecule has 0 radical (unpaired) electrons. The first-order chi connectivity index (χ1) is 15.4. The van der Waals surface area contributed by atoms with E-state index in [9.17, 15) is 29.4 Å². The van der Waals surface area contributed by atoms with Gasteiger partial charge in [-0.2, -0.15) is 0 Å². The second kappa shape index (κ2) is 13.4. The van der Waals surface area contributed by atoms with Gasteiger partial charge in [0.2, 0.25) is 17.7 Å². The molecule has 0 bridgehead atoms. The number of aromatic hydroxyl groups is 1. The fourth-order valence-electron chi connectivity index (χ4n) is 3.27. The van der Waals surface area contributed by atoms with Crippen LogP contribution in [0, 0.1) is 11.8 Å². The quantitative estimate of drug-likeness (QED) is 0.247. The predicted molar refractivity (Wildman–Crippen MR) is 123 cm³/mol. The third-order valence-corrected chi connectivity index (χ3v) is 4.88. The molecule has 3 amide bonds. The third kappa shape index (κ3) is 10.3. The Labute approximate surface area is 194 Å². The van der Waals surface area contributed by atoms with E-state index in [0.717, 1.165) is 0 Å². The van der Waals surface area contributed by atoms with Crippen LogP contribution in [0.3, 0.4) is 0 Å². The molecular weight excluding hydrogens is 428 g/mol. The molecule has 0 aromatic heterocycles. The molecule has 184 valence electrons. The van der Waals surface area contributed by atoms with Gasteiger partial charge in [0.25, 0.3) is 0 Å². The summed E-state index contributed by atoms with van der Waals surface area (Å²) in [6, 6.07) is 3.00. The normalized spacial score (nSPS) is 13.8. The van der Waals surface area contributed by atoms with Gasteiger partial charge in [0.05, 0.1) is 6.54 Å². The average Bonchev–Trinajstić information content (AvgIpc) is 2.72.